The van der Waals surface area contributed by atoms with E-state index in [0.717, 1.165) is 63.9 Å². The summed E-state index contributed by atoms with van der Waals surface area (Å²) in [5.41, 5.74) is 1.29. The molecule has 26 heavy (non-hydrogen) atoms. The Morgan fingerprint density at radius 3 is 2.35 bits per heavy atom. The molecule has 0 atom stereocenters. The monoisotopic (exact) mass is 352 g/mol. The van der Waals surface area contributed by atoms with E-state index < -0.39 is 0 Å². The smallest absolute Gasteiger partial charge is 0.134 e. The number of rotatable bonds is 4. The molecule has 138 valence electrons. The van der Waals surface area contributed by atoms with Gasteiger partial charge >= 0.3 is 0 Å². The molecule has 0 bridgehead atoms. The summed E-state index contributed by atoms with van der Waals surface area (Å²) in [7, 11) is 0. The maximum Gasteiger partial charge on any atom is 0.134 e. The van der Waals surface area contributed by atoms with E-state index >= 15 is 0 Å². The predicted octanol–water partition coefficient (Wildman–Crippen LogP) is 2.57. The quantitative estimate of drug-likeness (QED) is 0.843. The van der Waals surface area contributed by atoms with Crippen molar-refractivity contribution in [2.24, 2.45) is 0 Å². The molecule has 2 aromatic rings. The molecule has 6 heteroatoms. The molecule has 2 aromatic heterocycles. The largest absolute Gasteiger partial charge is 0.356 e. The van der Waals surface area contributed by atoms with E-state index in [2.05, 4.69) is 41.8 Å². The van der Waals surface area contributed by atoms with Crippen LogP contribution in [0.25, 0.3) is 0 Å². The lowest BCUT2D eigenvalue weighted by molar-refractivity contribution is 0.285. The van der Waals surface area contributed by atoms with Crippen LogP contribution in [0.2, 0.25) is 0 Å². The first-order valence-corrected chi connectivity index (χ1v) is 9.82. The number of piperidine rings is 1. The highest BCUT2D eigenvalue weighted by molar-refractivity contribution is 5.50. The van der Waals surface area contributed by atoms with Gasteiger partial charge in [-0.1, -0.05) is 6.07 Å². The molecule has 2 aliphatic heterocycles. The van der Waals surface area contributed by atoms with Crippen molar-refractivity contribution in [2.75, 3.05) is 49.1 Å². The third-order valence-corrected chi connectivity index (χ3v) is 5.36. The summed E-state index contributed by atoms with van der Waals surface area (Å²) in [5.74, 6) is 2.16. The summed E-state index contributed by atoms with van der Waals surface area (Å²) < 4.78 is 0. The summed E-state index contributed by atoms with van der Waals surface area (Å²) in [6.07, 6.45) is 10.6. The van der Waals surface area contributed by atoms with Crippen LogP contribution in [0.1, 0.15) is 31.2 Å². The molecule has 0 unspecified atom stereocenters. The van der Waals surface area contributed by atoms with E-state index in [1.54, 1.807) is 6.33 Å². The summed E-state index contributed by atoms with van der Waals surface area (Å²) in [4.78, 5) is 20.7. The van der Waals surface area contributed by atoms with E-state index in [-0.39, 0.29) is 0 Å². The first-order valence-electron chi connectivity index (χ1n) is 9.82. The standard InChI is InChI=1S/C20H28N6/c1-2-9-25(10-3-1)19-14-20(23-17-22-19)26-11-5-8-24(12-13-26)16-18-6-4-7-21-15-18/h4,6-7,14-15,17H,1-3,5,8-13,16H2. The molecule has 0 aliphatic carbocycles. The molecule has 2 fully saturated rings. The zero-order valence-electron chi connectivity index (χ0n) is 15.4. The van der Waals surface area contributed by atoms with Crippen LogP contribution in [-0.4, -0.2) is 59.1 Å². The van der Waals surface area contributed by atoms with Crippen molar-refractivity contribution in [3.63, 3.8) is 0 Å². The second-order valence-electron chi connectivity index (χ2n) is 7.26. The molecule has 2 saturated heterocycles. The van der Waals surface area contributed by atoms with Gasteiger partial charge < -0.3 is 9.80 Å². The molecule has 0 aromatic carbocycles. The van der Waals surface area contributed by atoms with Gasteiger partial charge in [-0.3, -0.25) is 9.88 Å². The van der Waals surface area contributed by atoms with Crippen LogP contribution in [0.3, 0.4) is 0 Å². The molecule has 0 radical (unpaired) electrons. The number of anilines is 2. The van der Waals surface area contributed by atoms with Crippen LogP contribution in [-0.2, 0) is 6.54 Å². The molecule has 6 nitrogen and oxygen atoms in total. The van der Waals surface area contributed by atoms with Gasteiger partial charge in [-0.25, -0.2) is 9.97 Å². The molecule has 4 rings (SSSR count). The normalized spacial score (nSPS) is 19.4. The topological polar surface area (TPSA) is 48.4 Å². The minimum atomic E-state index is 0.977. The second-order valence-corrected chi connectivity index (χ2v) is 7.26. The van der Waals surface area contributed by atoms with Crippen LogP contribution < -0.4 is 9.80 Å². The zero-order valence-corrected chi connectivity index (χ0v) is 15.4. The Kier molecular flexibility index (Phi) is 5.59. The Hall–Kier alpha value is -2.21. The van der Waals surface area contributed by atoms with Crippen LogP contribution >= 0.6 is 0 Å². The molecule has 2 aliphatic rings. The Morgan fingerprint density at radius 1 is 0.808 bits per heavy atom. The van der Waals surface area contributed by atoms with Gasteiger partial charge in [0.1, 0.15) is 18.0 Å². The van der Waals surface area contributed by atoms with E-state index in [1.807, 2.05) is 18.5 Å². The van der Waals surface area contributed by atoms with Crippen molar-refractivity contribution in [2.45, 2.75) is 32.2 Å². The van der Waals surface area contributed by atoms with Crippen molar-refractivity contribution in [1.29, 1.82) is 0 Å². The Bertz CT molecular complexity index is 686. The minimum Gasteiger partial charge on any atom is -0.356 e. The van der Waals surface area contributed by atoms with Gasteiger partial charge in [0.2, 0.25) is 0 Å². The lowest BCUT2D eigenvalue weighted by atomic mass is 10.1. The highest BCUT2D eigenvalue weighted by Crippen LogP contribution is 2.22. The second kappa shape index (κ2) is 8.45. The third-order valence-electron chi connectivity index (χ3n) is 5.36. The first-order chi connectivity index (χ1) is 12.9. The number of hydrogen-bond acceptors (Lipinski definition) is 6. The maximum absolute atomic E-state index is 4.57. The van der Waals surface area contributed by atoms with Crippen LogP contribution in [0.4, 0.5) is 11.6 Å². The van der Waals surface area contributed by atoms with E-state index in [1.165, 1.54) is 24.8 Å². The Balaban J connectivity index is 1.39. The number of aromatic nitrogens is 3. The van der Waals surface area contributed by atoms with Crippen LogP contribution in [0, 0.1) is 0 Å². The van der Waals surface area contributed by atoms with Crippen molar-refractivity contribution in [3.05, 3.63) is 42.5 Å². The van der Waals surface area contributed by atoms with E-state index in [4.69, 9.17) is 0 Å². The summed E-state index contributed by atoms with van der Waals surface area (Å²) in [6, 6.07) is 6.36. The highest BCUT2D eigenvalue weighted by Gasteiger charge is 2.18. The van der Waals surface area contributed by atoms with Gasteiger partial charge in [-0.2, -0.15) is 0 Å². The van der Waals surface area contributed by atoms with Gasteiger partial charge in [-0.05, 0) is 37.3 Å². The summed E-state index contributed by atoms with van der Waals surface area (Å²) >= 11 is 0. The van der Waals surface area contributed by atoms with Gasteiger partial charge in [0.25, 0.3) is 0 Å². The average Bonchev–Trinajstić information content (AvgIpc) is 2.95. The minimum absolute atomic E-state index is 0.977. The molecule has 0 N–H and O–H groups in total. The highest BCUT2D eigenvalue weighted by atomic mass is 15.3. The van der Waals surface area contributed by atoms with E-state index in [9.17, 15) is 0 Å². The third kappa shape index (κ3) is 4.30. The van der Waals surface area contributed by atoms with Crippen molar-refractivity contribution >= 4 is 11.6 Å². The van der Waals surface area contributed by atoms with Crippen LogP contribution in [0.15, 0.2) is 36.9 Å². The average molecular weight is 352 g/mol. The summed E-state index contributed by atoms with van der Waals surface area (Å²) in [5, 5.41) is 0. The van der Waals surface area contributed by atoms with Gasteiger partial charge in [0.15, 0.2) is 0 Å². The van der Waals surface area contributed by atoms with Crippen molar-refractivity contribution in [3.8, 4) is 0 Å². The fourth-order valence-corrected chi connectivity index (χ4v) is 3.91. The van der Waals surface area contributed by atoms with Gasteiger partial charge in [-0.15, -0.1) is 0 Å². The SMILES string of the molecule is c1cncc(CN2CCCN(c3cc(N4CCCCC4)ncn3)CC2)c1. The van der Waals surface area contributed by atoms with Crippen molar-refractivity contribution < 1.29 is 0 Å². The molecule has 4 heterocycles. The zero-order chi connectivity index (χ0) is 17.6. The first kappa shape index (κ1) is 17.2. The summed E-state index contributed by atoms with van der Waals surface area (Å²) in [6.45, 7) is 7.46. The molecular formula is C20H28N6. The lowest BCUT2D eigenvalue weighted by Gasteiger charge is -2.29. The molecule has 0 saturated carbocycles. The maximum atomic E-state index is 4.57. The molecule has 0 spiro atoms. The Labute approximate surface area is 155 Å². The lowest BCUT2D eigenvalue weighted by Crippen LogP contribution is -2.32. The van der Waals surface area contributed by atoms with Crippen LogP contribution in [0.5, 0.6) is 0 Å². The predicted molar refractivity (Wildman–Crippen MR) is 104 cm³/mol. The number of hydrogen-bond donors (Lipinski definition) is 0. The van der Waals surface area contributed by atoms with Gasteiger partial charge in [0, 0.05) is 64.3 Å². The number of pyridine rings is 1. The van der Waals surface area contributed by atoms with Crippen molar-refractivity contribution in [1.82, 2.24) is 19.9 Å². The van der Waals surface area contributed by atoms with E-state index in [0.29, 0.717) is 0 Å². The fraction of sp³-hybridized carbons (Fsp3) is 0.550. The molecular weight excluding hydrogens is 324 g/mol. The Morgan fingerprint density at radius 2 is 1.58 bits per heavy atom. The molecule has 0 amide bonds. The number of nitrogens with zero attached hydrogens (tertiary/aromatic N) is 6. The van der Waals surface area contributed by atoms with Gasteiger partial charge in [0.05, 0.1) is 0 Å². The fourth-order valence-electron chi connectivity index (χ4n) is 3.91.